The number of fused-ring (bicyclic) bond motifs is 5. The van der Waals surface area contributed by atoms with Gasteiger partial charge in [0, 0.05) is 23.1 Å². The van der Waals surface area contributed by atoms with E-state index in [9.17, 15) is 14.4 Å². The monoisotopic (exact) mass is 362 g/mol. The molecule has 0 radical (unpaired) electrons. The van der Waals surface area contributed by atoms with Gasteiger partial charge in [0.05, 0.1) is 5.56 Å². The summed E-state index contributed by atoms with van der Waals surface area (Å²) >= 11 is 0. The smallest absolute Gasteiger partial charge is 0.305 e. The molecule has 0 saturated carbocycles. The van der Waals surface area contributed by atoms with E-state index in [1.165, 1.54) is 0 Å². The molecule has 1 heterocycles. The van der Waals surface area contributed by atoms with Gasteiger partial charge in [-0.05, 0) is 36.2 Å². The molecule has 136 valence electrons. The zero-order valence-electron chi connectivity index (χ0n) is 15.3. The summed E-state index contributed by atoms with van der Waals surface area (Å²) in [6, 6.07) is 9.43. The molecule has 1 aliphatic carbocycles. The predicted octanol–water partition coefficient (Wildman–Crippen LogP) is 4.55. The number of hydrogen-bond acceptors (Lipinski definition) is 5. The normalized spacial score (nSPS) is 12.9. The highest BCUT2D eigenvalue weighted by molar-refractivity contribution is 6.54. The number of Topliss-reactive ketones (excluding diaryl/α,β-unsaturated/α-hetero) is 2. The molecule has 5 nitrogen and oxygen atoms in total. The lowest BCUT2D eigenvalue weighted by molar-refractivity contribution is -0.145. The molecule has 0 fully saturated rings. The van der Waals surface area contributed by atoms with Gasteiger partial charge in [-0.1, -0.05) is 31.2 Å². The average molecular weight is 362 g/mol. The first-order chi connectivity index (χ1) is 12.9. The van der Waals surface area contributed by atoms with Crippen molar-refractivity contribution in [3.63, 3.8) is 0 Å². The van der Waals surface area contributed by atoms with Crippen LogP contribution in [-0.4, -0.2) is 17.5 Å². The number of carbonyl (C=O) groups excluding carboxylic acids is 3. The summed E-state index contributed by atoms with van der Waals surface area (Å²) in [4.78, 5) is 37.2. The standard InChI is InChI=1S/C22H18O5/c1-4-17(23)26-10-16-12(3)18-20(24)21(25)19-14-7-5-6-11(2)13(14)8-9-15(19)22(18)27-16/h5-9H,4,10H2,1-3H3. The van der Waals surface area contributed by atoms with E-state index in [2.05, 4.69) is 0 Å². The van der Waals surface area contributed by atoms with Gasteiger partial charge >= 0.3 is 5.97 Å². The minimum atomic E-state index is -0.583. The first kappa shape index (κ1) is 17.2. The number of ether oxygens (including phenoxy) is 1. The average Bonchev–Trinajstić information content (AvgIpc) is 3.00. The number of furan rings is 1. The minimum Gasteiger partial charge on any atom is -0.457 e. The van der Waals surface area contributed by atoms with Crippen LogP contribution in [0.25, 0.3) is 22.1 Å². The van der Waals surface area contributed by atoms with E-state index in [0.29, 0.717) is 28.2 Å². The first-order valence-electron chi connectivity index (χ1n) is 8.83. The zero-order valence-corrected chi connectivity index (χ0v) is 15.3. The van der Waals surface area contributed by atoms with Gasteiger partial charge in [0.1, 0.15) is 18.1 Å². The molecular weight excluding hydrogens is 344 g/mol. The molecule has 0 amide bonds. The van der Waals surface area contributed by atoms with Crippen molar-refractivity contribution in [1.29, 1.82) is 0 Å². The number of esters is 1. The molecule has 2 aromatic carbocycles. The number of rotatable bonds is 3. The van der Waals surface area contributed by atoms with Crippen LogP contribution in [0.5, 0.6) is 0 Å². The molecule has 27 heavy (non-hydrogen) atoms. The lowest BCUT2D eigenvalue weighted by atomic mass is 9.83. The number of ketones is 2. The van der Waals surface area contributed by atoms with E-state index in [-0.39, 0.29) is 24.6 Å². The molecule has 0 bridgehead atoms. The quantitative estimate of drug-likeness (QED) is 0.505. The maximum atomic E-state index is 12.9. The molecule has 3 aromatic rings. The van der Waals surface area contributed by atoms with Gasteiger partial charge in [-0.2, -0.15) is 0 Å². The van der Waals surface area contributed by atoms with E-state index in [1.807, 2.05) is 37.3 Å². The number of carbonyl (C=O) groups is 3. The van der Waals surface area contributed by atoms with E-state index >= 15 is 0 Å². The lowest BCUT2D eigenvalue weighted by Crippen LogP contribution is -2.21. The van der Waals surface area contributed by atoms with Crippen molar-refractivity contribution >= 4 is 28.3 Å². The maximum absolute atomic E-state index is 12.9. The van der Waals surface area contributed by atoms with E-state index in [0.717, 1.165) is 16.3 Å². The summed E-state index contributed by atoms with van der Waals surface area (Å²) in [6.45, 7) is 5.31. The van der Waals surface area contributed by atoms with E-state index in [4.69, 9.17) is 9.15 Å². The van der Waals surface area contributed by atoms with Crippen LogP contribution in [0.3, 0.4) is 0 Å². The molecule has 1 aliphatic rings. The van der Waals surface area contributed by atoms with Crippen LogP contribution >= 0.6 is 0 Å². The Hall–Kier alpha value is -3.21. The molecule has 0 atom stereocenters. The van der Waals surface area contributed by atoms with Crippen LogP contribution < -0.4 is 0 Å². The fourth-order valence-corrected chi connectivity index (χ4v) is 3.59. The van der Waals surface area contributed by atoms with Crippen molar-refractivity contribution in [2.24, 2.45) is 0 Å². The summed E-state index contributed by atoms with van der Waals surface area (Å²) in [5.74, 6) is -0.707. The lowest BCUT2D eigenvalue weighted by Gasteiger charge is -2.16. The Morgan fingerprint density at radius 2 is 1.74 bits per heavy atom. The second-order valence-corrected chi connectivity index (χ2v) is 6.69. The third-order valence-corrected chi connectivity index (χ3v) is 5.08. The zero-order chi connectivity index (χ0) is 19.3. The van der Waals surface area contributed by atoms with Crippen LogP contribution in [-0.2, 0) is 16.1 Å². The number of benzene rings is 2. The molecule has 0 aliphatic heterocycles. The van der Waals surface area contributed by atoms with Gasteiger partial charge in [-0.15, -0.1) is 0 Å². The Balaban J connectivity index is 1.93. The third kappa shape index (κ3) is 2.50. The molecule has 0 saturated heterocycles. The van der Waals surface area contributed by atoms with Crippen molar-refractivity contribution in [3.05, 3.63) is 58.3 Å². The largest absolute Gasteiger partial charge is 0.457 e. The van der Waals surface area contributed by atoms with Crippen molar-refractivity contribution in [1.82, 2.24) is 0 Å². The Kier molecular flexibility index (Phi) is 3.95. The van der Waals surface area contributed by atoms with Gasteiger partial charge in [0.2, 0.25) is 11.6 Å². The highest BCUT2D eigenvalue weighted by atomic mass is 16.5. The Labute approximate surface area is 155 Å². The summed E-state index contributed by atoms with van der Waals surface area (Å²) in [7, 11) is 0. The fourth-order valence-electron chi connectivity index (χ4n) is 3.59. The van der Waals surface area contributed by atoms with Crippen molar-refractivity contribution in [3.8, 4) is 11.3 Å². The van der Waals surface area contributed by atoms with Crippen LogP contribution in [0.4, 0.5) is 0 Å². The summed E-state index contributed by atoms with van der Waals surface area (Å²) in [5, 5.41) is 1.67. The van der Waals surface area contributed by atoms with Crippen molar-refractivity contribution < 1.29 is 23.5 Å². The van der Waals surface area contributed by atoms with Crippen LogP contribution in [0.15, 0.2) is 34.7 Å². The van der Waals surface area contributed by atoms with E-state index < -0.39 is 11.6 Å². The van der Waals surface area contributed by atoms with Gasteiger partial charge in [0.15, 0.2) is 0 Å². The van der Waals surface area contributed by atoms with Gasteiger partial charge in [-0.25, -0.2) is 0 Å². The second-order valence-electron chi connectivity index (χ2n) is 6.69. The van der Waals surface area contributed by atoms with Crippen molar-refractivity contribution in [2.45, 2.75) is 33.8 Å². The van der Waals surface area contributed by atoms with E-state index in [1.54, 1.807) is 13.8 Å². The summed E-state index contributed by atoms with van der Waals surface area (Å²) in [5.41, 5.74) is 2.82. The molecule has 0 spiro atoms. The SMILES string of the molecule is CCC(=O)OCc1oc2c(c1C)C(=O)C(=O)c1c-2ccc2c(C)cccc12. The van der Waals surface area contributed by atoms with Gasteiger partial charge < -0.3 is 9.15 Å². The van der Waals surface area contributed by atoms with Crippen LogP contribution in [0, 0.1) is 13.8 Å². The summed E-state index contributed by atoms with van der Waals surface area (Å²) < 4.78 is 11.0. The third-order valence-electron chi connectivity index (χ3n) is 5.08. The molecule has 5 heteroatoms. The topological polar surface area (TPSA) is 73.6 Å². The number of hydrogen-bond donors (Lipinski definition) is 0. The number of aryl methyl sites for hydroxylation is 1. The minimum absolute atomic E-state index is 0.0605. The molecule has 4 rings (SSSR count). The molecule has 0 unspecified atom stereocenters. The van der Waals surface area contributed by atoms with Gasteiger partial charge in [0.25, 0.3) is 0 Å². The van der Waals surface area contributed by atoms with Crippen molar-refractivity contribution in [2.75, 3.05) is 0 Å². The molecule has 0 N–H and O–H groups in total. The molecular formula is C22H18O5. The van der Waals surface area contributed by atoms with Gasteiger partial charge in [-0.3, -0.25) is 14.4 Å². The highest BCUT2D eigenvalue weighted by Crippen LogP contribution is 2.41. The van der Waals surface area contributed by atoms with Crippen LogP contribution in [0.2, 0.25) is 0 Å². The second kappa shape index (κ2) is 6.20. The fraction of sp³-hybridized carbons (Fsp3) is 0.227. The Morgan fingerprint density at radius 1 is 1.00 bits per heavy atom. The molecule has 1 aromatic heterocycles. The van der Waals surface area contributed by atoms with Crippen LogP contribution in [0.1, 0.15) is 50.9 Å². The first-order valence-corrected chi connectivity index (χ1v) is 8.83. The Bertz CT molecular complexity index is 1130. The maximum Gasteiger partial charge on any atom is 0.305 e. The Morgan fingerprint density at radius 3 is 2.48 bits per heavy atom. The predicted molar refractivity (Wildman–Crippen MR) is 99.9 cm³/mol. The summed E-state index contributed by atoms with van der Waals surface area (Å²) in [6.07, 6.45) is 0.255. The highest BCUT2D eigenvalue weighted by Gasteiger charge is 2.37.